The number of nitrogens with zero attached hydrogens (tertiary/aromatic N) is 1. The second-order valence-corrected chi connectivity index (χ2v) is 6.45. The van der Waals surface area contributed by atoms with E-state index >= 15 is 0 Å². The van der Waals surface area contributed by atoms with Gasteiger partial charge in [-0.25, -0.2) is 9.37 Å². The normalized spacial score (nSPS) is 10.4. The molecule has 2 N–H and O–H groups in total. The van der Waals surface area contributed by atoms with E-state index < -0.39 is 17.6 Å². The Morgan fingerprint density at radius 3 is 2.36 bits per heavy atom. The van der Waals surface area contributed by atoms with Gasteiger partial charge in [0.15, 0.2) is 0 Å². The lowest BCUT2D eigenvalue weighted by Gasteiger charge is -2.10. The fraction of sp³-hybridized carbons (Fsp3) is 0.136. The molecule has 28 heavy (non-hydrogen) atoms. The SMILES string of the molecule is Cc1ccc(NC(=O)c2cccc(C(=O)NCc3ccccc3F)n2)c(C)c1. The minimum absolute atomic E-state index is 0.0339. The highest BCUT2D eigenvalue weighted by atomic mass is 19.1. The van der Waals surface area contributed by atoms with Crippen LogP contribution < -0.4 is 10.6 Å². The highest BCUT2D eigenvalue weighted by molar-refractivity contribution is 6.04. The van der Waals surface area contributed by atoms with Gasteiger partial charge >= 0.3 is 0 Å². The third-order valence-corrected chi connectivity index (χ3v) is 4.24. The van der Waals surface area contributed by atoms with Crippen molar-refractivity contribution >= 4 is 17.5 Å². The fourth-order valence-corrected chi connectivity index (χ4v) is 2.74. The number of hydrogen-bond donors (Lipinski definition) is 2. The second-order valence-electron chi connectivity index (χ2n) is 6.45. The van der Waals surface area contributed by atoms with Crippen LogP contribution in [0.5, 0.6) is 0 Å². The largest absolute Gasteiger partial charge is 0.347 e. The molecule has 0 aliphatic carbocycles. The Bertz CT molecular complexity index is 1030. The first kappa shape index (κ1) is 19.2. The zero-order chi connectivity index (χ0) is 20.1. The van der Waals surface area contributed by atoms with Gasteiger partial charge in [0.05, 0.1) is 0 Å². The number of pyridine rings is 1. The van der Waals surface area contributed by atoms with Crippen LogP contribution in [0, 0.1) is 19.7 Å². The van der Waals surface area contributed by atoms with E-state index in [-0.39, 0.29) is 17.9 Å². The molecule has 0 fully saturated rings. The molecule has 1 heterocycles. The van der Waals surface area contributed by atoms with Crippen LogP contribution in [0.4, 0.5) is 10.1 Å². The molecule has 142 valence electrons. The maximum Gasteiger partial charge on any atom is 0.274 e. The highest BCUT2D eigenvalue weighted by Crippen LogP contribution is 2.17. The molecule has 0 bridgehead atoms. The second kappa shape index (κ2) is 8.43. The van der Waals surface area contributed by atoms with Crippen LogP contribution in [0.25, 0.3) is 0 Å². The monoisotopic (exact) mass is 377 g/mol. The van der Waals surface area contributed by atoms with E-state index in [1.807, 2.05) is 32.0 Å². The lowest BCUT2D eigenvalue weighted by atomic mass is 10.1. The zero-order valence-electron chi connectivity index (χ0n) is 15.6. The van der Waals surface area contributed by atoms with E-state index in [9.17, 15) is 14.0 Å². The minimum Gasteiger partial charge on any atom is -0.347 e. The molecule has 3 rings (SSSR count). The van der Waals surface area contributed by atoms with Crippen LogP contribution in [0.2, 0.25) is 0 Å². The number of rotatable bonds is 5. The van der Waals surface area contributed by atoms with Crippen molar-refractivity contribution in [3.8, 4) is 0 Å². The molecule has 0 saturated heterocycles. The molecule has 0 saturated carbocycles. The van der Waals surface area contributed by atoms with Gasteiger partial charge < -0.3 is 10.6 Å². The number of anilines is 1. The number of aryl methyl sites for hydroxylation is 2. The number of aromatic nitrogens is 1. The van der Waals surface area contributed by atoms with E-state index in [4.69, 9.17) is 0 Å². The topological polar surface area (TPSA) is 71.1 Å². The molecular formula is C22H20FN3O2. The predicted molar refractivity (Wildman–Crippen MR) is 106 cm³/mol. The summed E-state index contributed by atoms with van der Waals surface area (Å²) in [5.41, 5.74) is 3.31. The maximum atomic E-state index is 13.7. The van der Waals surface area contributed by atoms with Crippen molar-refractivity contribution in [2.45, 2.75) is 20.4 Å². The van der Waals surface area contributed by atoms with Crippen molar-refractivity contribution in [1.82, 2.24) is 10.3 Å². The lowest BCUT2D eigenvalue weighted by molar-refractivity contribution is 0.0945. The van der Waals surface area contributed by atoms with Crippen molar-refractivity contribution in [1.29, 1.82) is 0 Å². The van der Waals surface area contributed by atoms with Gasteiger partial charge in [0.25, 0.3) is 11.8 Å². The van der Waals surface area contributed by atoms with Gasteiger partial charge in [0.2, 0.25) is 0 Å². The third-order valence-electron chi connectivity index (χ3n) is 4.24. The number of nitrogens with one attached hydrogen (secondary N) is 2. The van der Waals surface area contributed by atoms with Crippen molar-refractivity contribution in [3.63, 3.8) is 0 Å². The molecule has 0 aliphatic rings. The number of amides is 2. The summed E-state index contributed by atoms with van der Waals surface area (Å²) >= 11 is 0. The van der Waals surface area contributed by atoms with E-state index in [2.05, 4.69) is 15.6 Å². The Morgan fingerprint density at radius 2 is 1.64 bits per heavy atom. The Balaban J connectivity index is 1.69. The van der Waals surface area contributed by atoms with Gasteiger partial charge in [0, 0.05) is 17.8 Å². The van der Waals surface area contributed by atoms with Crippen molar-refractivity contribution < 1.29 is 14.0 Å². The summed E-state index contributed by atoms with van der Waals surface area (Å²) in [5.74, 6) is -1.28. The third kappa shape index (κ3) is 4.59. The summed E-state index contributed by atoms with van der Waals surface area (Å²) in [6.07, 6.45) is 0. The summed E-state index contributed by atoms with van der Waals surface area (Å²) in [6.45, 7) is 3.92. The number of carbonyl (C=O) groups is 2. The Morgan fingerprint density at radius 1 is 0.929 bits per heavy atom. The first-order chi connectivity index (χ1) is 13.4. The van der Waals surface area contributed by atoms with Crippen molar-refractivity contribution in [2.75, 3.05) is 5.32 Å². The fourth-order valence-electron chi connectivity index (χ4n) is 2.74. The summed E-state index contributed by atoms with van der Waals surface area (Å²) < 4.78 is 13.7. The van der Waals surface area contributed by atoms with E-state index in [1.54, 1.807) is 24.3 Å². The maximum absolute atomic E-state index is 13.7. The molecule has 5 nitrogen and oxygen atoms in total. The quantitative estimate of drug-likeness (QED) is 0.705. The first-order valence-electron chi connectivity index (χ1n) is 8.81. The summed E-state index contributed by atoms with van der Waals surface area (Å²) in [6, 6.07) is 16.5. The lowest BCUT2D eigenvalue weighted by Crippen LogP contribution is -2.25. The van der Waals surface area contributed by atoms with Crippen LogP contribution >= 0.6 is 0 Å². The molecule has 3 aromatic rings. The molecule has 2 aromatic carbocycles. The van der Waals surface area contributed by atoms with Crippen LogP contribution in [0.3, 0.4) is 0 Å². The average Bonchev–Trinajstić information content (AvgIpc) is 2.69. The van der Waals surface area contributed by atoms with E-state index in [1.165, 1.54) is 18.2 Å². The number of benzene rings is 2. The molecule has 2 amide bonds. The smallest absolute Gasteiger partial charge is 0.274 e. The van der Waals surface area contributed by atoms with E-state index in [0.717, 1.165) is 11.1 Å². The molecule has 1 aromatic heterocycles. The number of carbonyl (C=O) groups excluding carboxylic acids is 2. The van der Waals surface area contributed by atoms with Crippen LogP contribution in [-0.4, -0.2) is 16.8 Å². The first-order valence-corrected chi connectivity index (χ1v) is 8.81. The van der Waals surface area contributed by atoms with Crippen LogP contribution in [-0.2, 0) is 6.54 Å². The minimum atomic E-state index is -0.482. The summed E-state index contributed by atoms with van der Waals surface area (Å²) in [4.78, 5) is 29.0. The van der Waals surface area contributed by atoms with Gasteiger partial charge in [-0.3, -0.25) is 9.59 Å². The van der Waals surface area contributed by atoms with Crippen LogP contribution in [0.15, 0.2) is 60.7 Å². The van der Waals surface area contributed by atoms with Crippen molar-refractivity contribution in [3.05, 3.63) is 94.6 Å². The van der Waals surface area contributed by atoms with Gasteiger partial charge in [0.1, 0.15) is 17.2 Å². The van der Waals surface area contributed by atoms with Gasteiger partial charge in [-0.2, -0.15) is 0 Å². The Hall–Kier alpha value is -3.54. The highest BCUT2D eigenvalue weighted by Gasteiger charge is 2.14. The average molecular weight is 377 g/mol. The number of hydrogen-bond acceptors (Lipinski definition) is 3. The van der Waals surface area contributed by atoms with Gasteiger partial charge in [-0.15, -0.1) is 0 Å². The molecule has 0 unspecified atom stereocenters. The molecular weight excluding hydrogens is 357 g/mol. The molecule has 0 atom stereocenters. The Labute approximate surface area is 162 Å². The van der Waals surface area contributed by atoms with Gasteiger partial charge in [-0.05, 0) is 43.7 Å². The number of halogens is 1. The van der Waals surface area contributed by atoms with Gasteiger partial charge in [-0.1, -0.05) is 42.0 Å². The molecule has 0 spiro atoms. The Kier molecular flexibility index (Phi) is 5.79. The van der Waals surface area contributed by atoms with Crippen LogP contribution in [0.1, 0.15) is 37.7 Å². The summed E-state index contributed by atoms with van der Waals surface area (Å²) in [7, 11) is 0. The molecule has 6 heteroatoms. The van der Waals surface area contributed by atoms with E-state index in [0.29, 0.717) is 11.3 Å². The predicted octanol–water partition coefficient (Wildman–Crippen LogP) is 4.02. The summed E-state index contributed by atoms with van der Waals surface area (Å²) in [5, 5.41) is 5.42. The molecule has 0 aliphatic heterocycles. The zero-order valence-corrected chi connectivity index (χ0v) is 15.6. The van der Waals surface area contributed by atoms with Crippen molar-refractivity contribution in [2.24, 2.45) is 0 Å². The molecule has 0 radical (unpaired) electrons. The standard InChI is InChI=1S/C22H20FN3O2/c1-14-10-11-18(15(2)12-14)26-22(28)20-9-5-8-19(25-20)21(27)24-13-16-6-3-4-7-17(16)23/h3-12H,13H2,1-2H3,(H,24,27)(H,26,28).